The summed E-state index contributed by atoms with van der Waals surface area (Å²) < 4.78 is 0. The number of anilines is 1. The number of benzene rings is 1. The van der Waals surface area contributed by atoms with Crippen LogP contribution in [-0.2, 0) is 6.54 Å². The van der Waals surface area contributed by atoms with Crippen molar-refractivity contribution < 1.29 is 0 Å². The lowest BCUT2D eigenvalue weighted by molar-refractivity contribution is 0.293. The molecule has 2 rings (SSSR count). The zero-order chi connectivity index (χ0) is 14.8. The summed E-state index contributed by atoms with van der Waals surface area (Å²) in [5.74, 6) is 0. The van der Waals surface area contributed by atoms with Crippen molar-refractivity contribution in [3.63, 3.8) is 0 Å². The Balaban J connectivity index is 2.25. The molecule has 1 heterocycles. The molecule has 0 saturated carbocycles. The minimum absolute atomic E-state index is 0.375. The van der Waals surface area contributed by atoms with Gasteiger partial charge in [0, 0.05) is 25.7 Å². The minimum atomic E-state index is 0.375. The van der Waals surface area contributed by atoms with Crippen LogP contribution >= 0.6 is 11.6 Å². The highest BCUT2D eigenvalue weighted by Gasteiger charge is 2.28. The van der Waals surface area contributed by atoms with Crippen LogP contribution in [0.25, 0.3) is 0 Å². The lowest BCUT2D eigenvalue weighted by Gasteiger charge is -2.40. The van der Waals surface area contributed by atoms with Crippen molar-refractivity contribution in [1.29, 1.82) is 0 Å². The highest BCUT2D eigenvalue weighted by molar-refractivity contribution is 6.33. The first-order valence-corrected chi connectivity index (χ1v) is 8.02. The molecule has 0 spiro atoms. The lowest BCUT2D eigenvalue weighted by Crippen LogP contribution is -2.41. The molecule has 1 aromatic carbocycles. The van der Waals surface area contributed by atoms with Gasteiger partial charge in [0.05, 0.1) is 10.7 Å². The van der Waals surface area contributed by atoms with Crippen molar-refractivity contribution in [3.8, 4) is 0 Å². The number of rotatable bonds is 4. The van der Waals surface area contributed by atoms with Gasteiger partial charge in [0.15, 0.2) is 0 Å². The third-order valence-electron chi connectivity index (χ3n) is 3.99. The van der Waals surface area contributed by atoms with Gasteiger partial charge >= 0.3 is 0 Å². The molecule has 0 radical (unpaired) electrons. The molecule has 3 heteroatoms. The molecule has 1 fully saturated rings. The van der Waals surface area contributed by atoms with Crippen molar-refractivity contribution in [2.45, 2.75) is 53.1 Å². The van der Waals surface area contributed by atoms with E-state index in [1.54, 1.807) is 0 Å². The van der Waals surface area contributed by atoms with E-state index in [1.807, 2.05) is 6.07 Å². The molecular formula is C17H27ClN2. The maximum Gasteiger partial charge on any atom is 0.0642 e. The molecule has 0 aromatic heterocycles. The molecule has 0 amide bonds. The van der Waals surface area contributed by atoms with Gasteiger partial charge < -0.3 is 10.2 Å². The molecule has 2 nitrogen and oxygen atoms in total. The summed E-state index contributed by atoms with van der Waals surface area (Å²) in [6, 6.07) is 6.74. The van der Waals surface area contributed by atoms with Gasteiger partial charge in [-0.1, -0.05) is 51.4 Å². The van der Waals surface area contributed by atoms with Gasteiger partial charge in [-0.2, -0.15) is 0 Å². The number of hydrogen-bond acceptors (Lipinski definition) is 2. The second-order valence-corrected chi connectivity index (χ2v) is 7.38. The van der Waals surface area contributed by atoms with Gasteiger partial charge in [0.25, 0.3) is 0 Å². The van der Waals surface area contributed by atoms with Crippen molar-refractivity contribution >= 4 is 17.3 Å². The van der Waals surface area contributed by atoms with E-state index in [1.165, 1.54) is 24.1 Å². The van der Waals surface area contributed by atoms with Crippen molar-refractivity contribution in [2.24, 2.45) is 5.41 Å². The van der Waals surface area contributed by atoms with Crippen LogP contribution in [0.2, 0.25) is 5.02 Å². The van der Waals surface area contributed by atoms with E-state index < -0.39 is 0 Å². The predicted molar refractivity (Wildman–Crippen MR) is 88.7 cm³/mol. The van der Waals surface area contributed by atoms with Crippen molar-refractivity contribution in [1.82, 2.24) is 5.32 Å². The zero-order valence-electron chi connectivity index (χ0n) is 13.2. The van der Waals surface area contributed by atoms with Gasteiger partial charge in [-0.05, 0) is 29.9 Å². The van der Waals surface area contributed by atoms with E-state index in [-0.39, 0.29) is 0 Å². The number of piperidine rings is 1. The van der Waals surface area contributed by atoms with E-state index in [9.17, 15) is 0 Å². The Morgan fingerprint density at radius 1 is 1.35 bits per heavy atom. The minimum Gasteiger partial charge on any atom is -0.370 e. The van der Waals surface area contributed by atoms with Crippen LogP contribution in [0.15, 0.2) is 18.2 Å². The first-order chi connectivity index (χ1) is 9.39. The number of halogens is 1. The van der Waals surface area contributed by atoms with Gasteiger partial charge in [-0.15, -0.1) is 0 Å². The molecule has 0 unspecified atom stereocenters. The fourth-order valence-corrected chi connectivity index (χ4v) is 3.30. The smallest absolute Gasteiger partial charge is 0.0642 e. The van der Waals surface area contributed by atoms with E-state index in [0.29, 0.717) is 11.5 Å². The molecule has 1 aromatic rings. The van der Waals surface area contributed by atoms with E-state index in [4.69, 9.17) is 11.6 Å². The number of para-hydroxylation sites is 1. The standard InChI is InChI=1S/C17H27ClN2/c1-13(2)19-11-14-7-5-8-15(18)16(14)20-10-6-9-17(3,4)12-20/h5,7-8,13,19H,6,9-12H2,1-4H3. The summed E-state index contributed by atoms with van der Waals surface area (Å²) in [6.07, 6.45) is 2.54. The summed E-state index contributed by atoms with van der Waals surface area (Å²) in [5.41, 5.74) is 2.92. The van der Waals surface area contributed by atoms with E-state index in [2.05, 4.69) is 50.0 Å². The summed E-state index contributed by atoms with van der Waals surface area (Å²) in [4.78, 5) is 2.48. The van der Waals surface area contributed by atoms with Crippen LogP contribution in [0.5, 0.6) is 0 Å². The summed E-state index contributed by atoms with van der Waals surface area (Å²) in [7, 11) is 0. The topological polar surface area (TPSA) is 15.3 Å². The van der Waals surface area contributed by atoms with Gasteiger partial charge in [0.1, 0.15) is 0 Å². The second kappa shape index (κ2) is 6.36. The SMILES string of the molecule is CC(C)NCc1cccc(Cl)c1N1CCCC(C)(C)C1. The zero-order valence-corrected chi connectivity index (χ0v) is 13.9. The van der Waals surface area contributed by atoms with Crippen LogP contribution in [0, 0.1) is 5.41 Å². The Labute approximate surface area is 128 Å². The average molecular weight is 295 g/mol. The molecule has 1 N–H and O–H groups in total. The number of hydrogen-bond donors (Lipinski definition) is 1. The van der Waals surface area contributed by atoms with Gasteiger partial charge in [-0.25, -0.2) is 0 Å². The van der Waals surface area contributed by atoms with Crippen LogP contribution in [0.1, 0.15) is 46.1 Å². The summed E-state index contributed by atoms with van der Waals surface area (Å²) >= 11 is 6.50. The largest absolute Gasteiger partial charge is 0.370 e. The molecule has 112 valence electrons. The molecule has 1 saturated heterocycles. The highest BCUT2D eigenvalue weighted by atomic mass is 35.5. The van der Waals surface area contributed by atoms with Crippen LogP contribution in [0.4, 0.5) is 5.69 Å². The fourth-order valence-electron chi connectivity index (χ4n) is 2.98. The Bertz CT molecular complexity index is 454. The van der Waals surface area contributed by atoms with Gasteiger partial charge in [0.2, 0.25) is 0 Å². The fraction of sp³-hybridized carbons (Fsp3) is 0.647. The monoisotopic (exact) mass is 294 g/mol. The van der Waals surface area contributed by atoms with Crippen molar-refractivity contribution in [2.75, 3.05) is 18.0 Å². The first-order valence-electron chi connectivity index (χ1n) is 7.65. The molecule has 0 aliphatic carbocycles. The maximum absolute atomic E-state index is 6.50. The van der Waals surface area contributed by atoms with Crippen molar-refractivity contribution in [3.05, 3.63) is 28.8 Å². The quantitative estimate of drug-likeness (QED) is 0.882. The molecule has 0 atom stereocenters. The molecule has 1 aliphatic rings. The third-order valence-corrected chi connectivity index (χ3v) is 4.29. The van der Waals surface area contributed by atoms with E-state index in [0.717, 1.165) is 24.7 Å². The molecule has 20 heavy (non-hydrogen) atoms. The van der Waals surface area contributed by atoms with Crippen LogP contribution < -0.4 is 10.2 Å². The Kier molecular flexibility index (Phi) is 4.98. The Morgan fingerprint density at radius 2 is 2.10 bits per heavy atom. The van der Waals surface area contributed by atoms with E-state index >= 15 is 0 Å². The Morgan fingerprint density at radius 3 is 2.75 bits per heavy atom. The lowest BCUT2D eigenvalue weighted by atomic mass is 9.84. The molecule has 0 bridgehead atoms. The van der Waals surface area contributed by atoms with Gasteiger partial charge in [-0.3, -0.25) is 0 Å². The third kappa shape index (κ3) is 3.89. The molecule has 1 aliphatic heterocycles. The van der Waals surface area contributed by atoms with Crippen LogP contribution in [-0.4, -0.2) is 19.1 Å². The summed E-state index contributed by atoms with van der Waals surface area (Å²) in [5, 5.41) is 4.38. The second-order valence-electron chi connectivity index (χ2n) is 6.97. The first kappa shape index (κ1) is 15.7. The number of nitrogens with one attached hydrogen (secondary N) is 1. The maximum atomic E-state index is 6.50. The van der Waals surface area contributed by atoms with Crippen LogP contribution in [0.3, 0.4) is 0 Å². The molecular weight excluding hydrogens is 268 g/mol. The normalized spacial score (nSPS) is 18.6. The predicted octanol–water partition coefficient (Wildman–Crippen LogP) is 4.46. The summed E-state index contributed by atoms with van der Waals surface area (Å²) in [6.45, 7) is 12.1. The Hall–Kier alpha value is -0.730. The number of nitrogens with zero attached hydrogens (tertiary/aromatic N) is 1. The highest BCUT2D eigenvalue weighted by Crippen LogP contribution is 2.36. The average Bonchev–Trinajstić information content (AvgIpc) is 2.35.